The molecule has 0 saturated carbocycles. The number of rotatable bonds is 6. The van der Waals surface area contributed by atoms with Crippen LogP contribution in [0.15, 0.2) is 0 Å². The molecule has 0 radical (unpaired) electrons. The second kappa shape index (κ2) is 8.46. The fourth-order valence-corrected chi connectivity index (χ4v) is 4.98. The maximum Gasteiger partial charge on any atom is 0.281 e. The van der Waals surface area contributed by atoms with E-state index in [4.69, 9.17) is 0 Å². The fourth-order valence-electron chi connectivity index (χ4n) is 3.26. The van der Waals surface area contributed by atoms with Gasteiger partial charge in [-0.05, 0) is 51.1 Å². The van der Waals surface area contributed by atoms with E-state index < -0.39 is 10.2 Å². The smallest absolute Gasteiger partial charge is 0.281 e. The minimum Gasteiger partial charge on any atom is -0.316 e. The van der Waals surface area contributed by atoms with E-state index in [1.54, 1.807) is 8.61 Å². The van der Waals surface area contributed by atoms with E-state index >= 15 is 0 Å². The summed E-state index contributed by atoms with van der Waals surface area (Å²) in [7, 11) is -3.21. The van der Waals surface area contributed by atoms with E-state index in [1.807, 2.05) is 0 Å². The predicted molar refractivity (Wildman–Crippen MR) is 86.4 cm³/mol. The molecule has 0 aromatic carbocycles. The molecule has 2 aliphatic heterocycles. The van der Waals surface area contributed by atoms with Crippen LogP contribution in [0.3, 0.4) is 0 Å². The first-order valence-electron chi connectivity index (χ1n) is 8.60. The van der Waals surface area contributed by atoms with Gasteiger partial charge in [0.05, 0.1) is 0 Å². The molecule has 0 bridgehead atoms. The van der Waals surface area contributed by atoms with Crippen molar-refractivity contribution in [2.75, 3.05) is 39.3 Å². The van der Waals surface area contributed by atoms with Gasteiger partial charge in [0.25, 0.3) is 10.2 Å². The van der Waals surface area contributed by atoms with Crippen LogP contribution in [0.5, 0.6) is 0 Å². The Morgan fingerprint density at radius 1 is 0.952 bits per heavy atom. The summed E-state index contributed by atoms with van der Waals surface area (Å²) in [6.45, 7) is 7.07. The van der Waals surface area contributed by atoms with E-state index in [-0.39, 0.29) is 0 Å². The average molecular weight is 317 g/mol. The van der Waals surface area contributed by atoms with Gasteiger partial charge in [-0.3, -0.25) is 0 Å². The van der Waals surface area contributed by atoms with Crippen LogP contribution < -0.4 is 5.32 Å². The number of nitrogens with zero attached hydrogens (tertiary/aromatic N) is 2. The first kappa shape index (κ1) is 17.2. The lowest BCUT2D eigenvalue weighted by atomic mass is 9.98. The van der Waals surface area contributed by atoms with Crippen LogP contribution in [0, 0.1) is 5.92 Å². The first-order valence-corrected chi connectivity index (χ1v) is 10.00. The fraction of sp³-hybridized carbons (Fsp3) is 1.00. The summed E-state index contributed by atoms with van der Waals surface area (Å²) in [6, 6.07) is 0. The SMILES string of the molecule is CCCNCC1CCN(S(=O)(=O)N2CCCCCC2)CC1. The highest BCUT2D eigenvalue weighted by atomic mass is 32.2. The number of piperidine rings is 1. The topological polar surface area (TPSA) is 52.7 Å². The molecule has 0 aromatic heterocycles. The Morgan fingerprint density at radius 3 is 2.10 bits per heavy atom. The molecule has 124 valence electrons. The number of hydrogen-bond donors (Lipinski definition) is 1. The van der Waals surface area contributed by atoms with Gasteiger partial charge in [0, 0.05) is 26.2 Å². The summed E-state index contributed by atoms with van der Waals surface area (Å²) in [4.78, 5) is 0. The Hall–Kier alpha value is -0.170. The van der Waals surface area contributed by atoms with E-state index in [0.29, 0.717) is 32.1 Å². The summed E-state index contributed by atoms with van der Waals surface area (Å²) in [5.74, 6) is 0.632. The third kappa shape index (κ3) is 4.91. The molecule has 6 heteroatoms. The molecule has 0 unspecified atom stereocenters. The molecular weight excluding hydrogens is 286 g/mol. The normalized spacial score (nSPS) is 24.0. The van der Waals surface area contributed by atoms with Crippen LogP contribution in [-0.4, -0.2) is 56.3 Å². The predicted octanol–water partition coefficient (Wildman–Crippen LogP) is 1.82. The Bertz CT molecular complexity index is 384. The van der Waals surface area contributed by atoms with Crippen LogP contribution in [0.2, 0.25) is 0 Å². The zero-order chi connectivity index (χ0) is 15.1. The molecule has 5 nitrogen and oxygen atoms in total. The highest BCUT2D eigenvalue weighted by Crippen LogP contribution is 2.22. The van der Waals surface area contributed by atoms with Crippen molar-refractivity contribution >= 4 is 10.2 Å². The molecule has 21 heavy (non-hydrogen) atoms. The molecular formula is C15H31N3O2S. The summed E-state index contributed by atoms with van der Waals surface area (Å²) in [6.07, 6.45) is 7.48. The molecule has 2 aliphatic rings. The van der Waals surface area contributed by atoms with Crippen molar-refractivity contribution < 1.29 is 8.42 Å². The average Bonchev–Trinajstić information content (AvgIpc) is 2.78. The van der Waals surface area contributed by atoms with Crippen molar-refractivity contribution in [1.29, 1.82) is 0 Å². The molecule has 2 rings (SSSR count). The molecule has 0 aromatic rings. The van der Waals surface area contributed by atoms with Gasteiger partial charge in [-0.25, -0.2) is 0 Å². The zero-order valence-electron chi connectivity index (χ0n) is 13.4. The van der Waals surface area contributed by atoms with Crippen molar-refractivity contribution in [1.82, 2.24) is 13.9 Å². The maximum absolute atomic E-state index is 12.7. The van der Waals surface area contributed by atoms with Gasteiger partial charge in [0.1, 0.15) is 0 Å². The van der Waals surface area contributed by atoms with Crippen molar-refractivity contribution in [3.8, 4) is 0 Å². The van der Waals surface area contributed by atoms with Crippen LogP contribution in [-0.2, 0) is 10.2 Å². The summed E-state index contributed by atoms with van der Waals surface area (Å²) in [5, 5.41) is 3.45. The van der Waals surface area contributed by atoms with Gasteiger partial charge in [-0.1, -0.05) is 19.8 Å². The standard InChI is InChI=1S/C15H31N3O2S/c1-2-9-16-14-15-7-12-18(13-8-15)21(19,20)17-10-5-3-4-6-11-17/h15-16H,2-14H2,1H3. The van der Waals surface area contributed by atoms with E-state index in [1.165, 1.54) is 0 Å². The van der Waals surface area contributed by atoms with Crippen molar-refractivity contribution in [2.24, 2.45) is 5.92 Å². The monoisotopic (exact) mass is 317 g/mol. The molecule has 2 fully saturated rings. The molecule has 0 atom stereocenters. The quantitative estimate of drug-likeness (QED) is 0.760. The van der Waals surface area contributed by atoms with Gasteiger partial charge in [-0.2, -0.15) is 17.0 Å². The third-order valence-corrected chi connectivity index (χ3v) is 6.69. The molecule has 0 spiro atoms. The summed E-state index contributed by atoms with van der Waals surface area (Å²) < 4.78 is 28.8. The van der Waals surface area contributed by atoms with E-state index in [9.17, 15) is 8.42 Å². The lowest BCUT2D eigenvalue weighted by molar-refractivity contribution is 0.250. The Balaban J connectivity index is 1.82. The Morgan fingerprint density at radius 2 is 1.52 bits per heavy atom. The largest absolute Gasteiger partial charge is 0.316 e. The van der Waals surface area contributed by atoms with Gasteiger partial charge in [-0.15, -0.1) is 0 Å². The molecule has 1 N–H and O–H groups in total. The third-order valence-electron chi connectivity index (χ3n) is 4.65. The van der Waals surface area contributed by atoms with Crippen molar-refractivity contribution in [3.05, 3.63) is 0 Å². The zero-order valence-corrected chi connectivity index (χ0v) is 14.2. The van der Waals surface area contributed by atoms with Crippen LogP contribution in [0.25, 0.3) is 0 Å². The van der Waals surface area contributed by atoms with Gasteiger partial charge >= 0.3 is 0 Å². The maximum atomic E-state index is 12.7. The van der Waals surface area contributed by atoms with Crippen LogP contribution >= 0.6 is 0 Å². The van der Waals surface area contributed by atoms with Crippen LogP contribution in [0.1, 0.15) is 51.9 Å². The molecule has 2 saturated heterocycles. The molecule has 2 heterocycles. The minimum atomic E-state index is -3.21. The van der Waals surface area contributed by atoms with Gasteiger partial charge in [0.2, 0.25) is 0 Å². The highest BCUT2D eigenvalue weighted by molar-refractivity contribution is 7.86. The Kier molecular flexibility index (Phi) is 6.92. The van der Waals surface area contributed by atoms with Crippen LogP contribution in [0.4, 0.5) is 0 Å². The summed E-state index contributed by atoms with van der Waals surface area (Å²) in [5.41, 5.74) is 0. The number of nitrogens with one attached hydrogen (secondary N) is 1. The summed E-state index contributed by atoms with van der Waals surface area (Å²) >= 11 is 0. The van der Waals surface area contributed by atoms with E-state index in [2.05, 4.69) is 12.2 Å². The van der Waals surface area contributed by atoms with Gasteiger partial charge < -0.3 is 5.32 Å². The van der Waals surface area contributed by atoms with Gasteiger partial charge in [0.15, 0.2) is 0 Å². The minimum absolute atomic E-state index is 0.632. The van der Waals surface area contributed by atoms with Crippen molar-refractivity contribution in [3.63, 3.8) is 0 Å². The second-order valence-corrected chi connectivity index (χ2v) is 8.30. The highest BCUT2D eigenvalue weighted by Gasteiger charge is 2.32. The first-order chi connectivity index (χ1) is 10.1. The molecule has 0 aliphatic carbocycles. The lowest BCUT2D eigenvalue weighted by Crippen LogP contribution is -2.48. The second-order valence-electron chi connectivity index (χ2n) is 6.37. The molecule has 0 amide bonds. The Labute approximate surface area is 130 Å². The van der Waals surface area contributed by atoms with Crippen molar-refractivity contribution in [2.45, 2.75) is 51.9 Å². The lowest BCUT2D eigenvalue weighted by Gasteiger charge is -2.34. The number of hydrogen-bond acceptors (Lipinski definition) is 3. The van der Waals surface area contributed by atoms with E-state index in [0.717, 1.165) is 58.0 Å².